The molecular weight excluding hydrogens is 284 g/mol. The fourth-order valence-electron chi connectivity index (χ4n) is 4.15. The molecule has 1 saturated carbocycles. The summed E-state index contributed by atoms with van der Waals surface area (Å²) in [6.07, 6.45) is 12.3. The fourth-order valence-corrected chi connectivity index (χ4v) is 4.35. The zero-order valence-electron chi connectivity index (χ0n) is 12.6. The highest BCUT2D eigenvalue weighted by Crippen LogP contribution is 2.41. The van der Waals surface area contributed by atoms with Crippen LogP contribution in [-0.2, 0) is 6.42 Å². The van der Waals surface area contributed by atoms with Crippen LogP contribution in [0, 0.1) is 0 Å². The molecule has 116 valence electrons. The Morgan fingerprint density at radius 3 is 2.57 bits per heavy atom. The third kappa shape index (κ3) is 3.10. The maximum atomic E-state index is 11.0. The monoisotopic (exact) mass is 308 g/mol. The number of hydrogen-bond donors (Lipinski definition) is 1. The second kappa shape index (κ2) is 6.64. The van der Waals surface area contributed by atoms with Crippen molar-refractivity contribution in [2.24, 2.45) is 0 Å². The Labute approximate surface area is 132 Å². The van der Waals surface area contributed by atoms with E-state index < -0.39 is 0 Å². The predicted octanol–water partition coefficient (Wildman–Crippen LogP) is 3.44. The van der Waals surface area contributed by atoms with E-state index in [1.54, 1.807) is 12.4 Å². The van der Waals surface area contributed by atoms with Crippen LogP contribution in [0.3, 0.4) is 0 Å². The van der Waals surface area contributed by atoms with E-state index in [0.717, 1.165) is 31.5 Å². The van der Waals surface area contributed by atoms with E-state index in [9.17, 15) is 5.11 Å². The van der Waals surface area contributed by atoms with Gasteiger partial charge in [0.25, 0.3) is 0 Å². The van der Waals surface area contributed by atoms with Gasteiger partial charge >= 0.3 is 0 Å². The number of aromatic nitrogens is 1. The van der Waals surface area contributed by atoms with Crippen molar-refractivity contribution >= 4 is 11.6 Å². The van der Waals surface area contributed by atoms with Crippen LogP contribution in [-0.4, -0.2) is 39.7 Å². The molecule has 1 atom stereocenters. The summed E-state index contributed by atoms with van der Waals surface area (Å²) in [5.74, 6) is 0. The second-order valence-electron chi connectivity index (χ2n) is 6.55. The van der Waals surface area contributed by atoms with Crippen LogP contribution in [0.15, 0.2) is 18.5 Å². The van der Waals surface area contributed by atoms with Crippen molar-refractivity contribution in [3.8, 4) is 0 Å². The molecule has 1 aliphatic carbocycles. The summed E-state index contributed by atoms with van der Waals surface area (Å²) in [5, 5.41) is 11.7. The normalized spacial score (nSPS) is 24.1. The number of hydrogen-bond acceptors (Lipinski definition) is 3. The molecule has 0 amide bonds. The lowest BCUT2D eigenvalue weighted by Crippen LogP contribution is -2.57. The van der Waals surface area contributed by atoms with Crippen LogP contribution in [0.2, 0.25) is 5.02 Å². The van der Waals surface area contributed by atoms with Crippen molar-refractivity contribution in [1.82, 2.24) is 9.88 Å². The largest absolute Gasteiger partial charge is 0.391 e. The third-order valence-electron chi connectivity index (χ3n) is 5.35. The van der Waals surface area contributed by atoms with Gasteiger partial charge in [-0.3, -0.25) is 9.88 Å². The first-order valence-electron chi connectivity index (χ1n) is 8.24. The van der Waals surface area contributed by atoms with E-state index in [2.05, 4.69) is 9.88 Å². The van der Waals surface area contributed by atoms with E-state index in [0.29, 0.717) is 11.4 Å². The number of likely N-dealkylation sites (tertiary alicyclic amines) is 1. The van der Waals surface area contributed by atoms with Crippen molar-refractivity contribution in [2.45, 2.75) is 63.0 Å². The van der Waals surface area contributed by atoms with Crippen molar-refractivity contribution < 1.29 is 5.11 Å². The summed E-state index contributed by atoms with van der Waals surface area (Å²) in [5.41, 5.74) is 0.995. The quantitative estimate of drug-likeness (QED) is 0.925. The van der Waals surface area contributed by atoms with Gasteiger partial charge in [-0.05, 0) is 50.4 Å². The highest BCUT2D eigenvalue weighted by Gasteiger charge is 2.45. The van der Waals surface area contributed by atoms with Gasteiger partial charge in [-0.25, -0.2) is 0 Å². The van der Waals surface area contributed by atoms with Gasteiger partial charge in [-0.2, -0.15) is 0 Å². The SMILES string of the molecule is OC(Cc1ccncc1Cl)C1(N2CCCCC2)CCCC1. The molecule has 1 N–H and O–H groups in total. The van der Waals surface area contributed by atoms with E-state index >= 15 is 0 Å². The number of aliphatic hydroxyl groups is 1. The molecule has 2 fully saturated rings. The number of halogens is 1. The standard InChI is InChI=1S/C17H25ClN2O/c18-15-13-19-9-6-14(15)12-16(21)17(7-2-3-8-17)20-10-4-1-5-11-20/h6,9,13,16,21H,1-5,7-8,10-12H2. The lowest BCUT2D eigenvalue weighted by Gasteiger charge is -2.46. The number of rotatable bonds is 4. The van der Waals surface area contributed by atoms with Crippen molar-refractivity contribution in [1.29, 1.82) is 0 Å². The Kier molecular flexibility index (Phi) is 4.82. The molecule has 0 radical (unpaired) electrons. The van der Waals surface area contributed by atoms with Crippen LogP contribution in [0.4, 0.5) is 0 Å². The maximum Gasteiger partial charge on any atom is 0.0764 e. The first-order valence-corrected chi connectivity index (χ1v) is 8.62. The zero-order valence-corrected chi connectivity index (χ0v) is 13.4. The first-order chi connectivity index (χ1) is 10.2. The number of nitrogens with zero attached hydrogens (tertiary/aromatic N) is 2. The molecule has 0 aromatic carbocycles. The van der Waals surface area contributed by atoms with Crippen LogP contribution in [0.1, 0.15) is 50.5 Å². The minimum Gasteiger partial charge on any atom is -0.391 e. The summed E-state index contributed by atoms with van der Waals surface area (Å²) in [7, 11) is 0. The van der Waals surface area contributed by atoms with Gasteiger partial charge in [0.2, 0.25) is 0 Å². The molecule has 3 nitrogen and oxygen atoms in total. The van der Waals surface area contributed by atoms with Crippen LogP contribution >= 0.6 is 11.6 Å². The van der Waals surface area contributed by atoms with Crippen LogP contribution < -0.4 is 0 Å². The highest BCUT2D eigenvalue weighted by atomic mass is 35.5. The fraction of sp³-hybridized carbons (Fsp3) is 0.706. The maximum absolute atomic E-state index is 11.0. The Hall–Kier alpha value is -0.640. The summed E-state index contributed by atoms with van der Waals surface area (Å²) in [6.45, 7) is 2.28. The molecule has 2 heterocycles. The van der Waals surface area contributed by atoms with E-state index in [1.165, 1.54) is 32.1 Å². The molecule has 4 heteroatoms. The smallest absolute Gasteiger partial charge is 0.0764 e. The average molecular weight is 309 g/mol. The Morgan fingerprint density at radius 2 is 1.90 bits per heavy atom. The van der Waals surface area contributed by atoms with Gasteiger partial charge in [0.05, 0.1) is 11.1 Å². The molecular formula is C17H25ClN2O. The molecule has 1 aromatic heterocycles. The van der Waals surface area contributed by atoms with E-state index in [1.807, 2.05) is 6.07 Å². The van der Waals surface area contributed by atoms with Crippen LogP contribution in [0.25, 0.3) is 0 Å². The molecule has 3 rings (SSSR count). The van der Waals surface area contributed by atoms with Gasteiger partial charge in [-0.1, -0.05) is 30.9 Å². The molecule has 1 saturated heterocycles. The van der Waals surface area contributed by atoms with Gasteiger partial charge < -0.3 is 5.11 Å². The Morgan fingerprint density at radius 1 is 1.19 bits per heavy atom. The van der Waals surface area contributed by atoms with E-state index in [-0.39, 0.29) is 11.6 Å². The van der Waals surface area contributed by atoms with Crippen LogP contribution in [0.5, 0.6) is 0 Å². The van der Waals surface area contributed by atoms with Gasteiger partial charge in [0.1, 0.15) is 0 Å². The molecule has 0 spiro atoms. The summed E-state index contributed by atoms with van der Waals surface area (Å²) >= 11 is 6.22. The second-order valence-corrected chi connectivity index (χ2v) is 6.95. The minimum absolute atomic E-state index is 0.0208. The Bertz CT molecular complexity index is 468. The predicted molar refractivity (Wildman–Crippen MR) is 85.6 cm³/mol. The van der Waals surface area contributed by atoms with Crippen molar-refractivity contribution in [3.63, 3.8) is 0 Å². The molecule has 1 aromatic rings. The van der Waals surface area contributed by atoms with Gasteiger partial charge in [0, 0.05) is 24.4 Å². The lowest BCUT2D eigenvalue weighted by molar-refractivity contribution is -0.0380. The summed E-state index contributed by atoms with van der Waals surface area (Å²) < 4.78 is 0. The highest BCUT2D eigenvalue weighted by molar-refractivity contribution is 6.31. The topological polar surface area (TPSA) is 36.4 Å². The first kappa shape index (κ1) is 15.3. The Balaban J connectivity index is 1.78. The van der Waals surface area contributed by atoms with E-state index in [4.69, 9.17) is 11.6 Å². The summed E-state index contributed by atoms with van der Waals surface area (Å²) in [6, 6.07) is 1.93. The minimum atomic E-state index is -0.335. The van der Waals surface area contributed by atoms with Gasteiger partial charge in [0.15, 0.2) is 0 Å². The summed E-state index contributed by atoms with van der Waals surface area (Å²) in [4.78, 5) is 6.61. The molecule has 21 heavy (non-hydrogen) atoms. The average Bonchev–Trinajstić information content (AvgIpc) is 3.01. The van der Waals surface area contributed by atoms with Gasteiger partial charge in [-0.15, -0.1) is 0 Å². The van der Waals surface area contributed by atoms with Crippen molar-refractivity contribution in [2.75, 3.05) is 13.1 Å². The molecule has 1 aliphatic heterocycles. The number of piperidine rings is 1. The molecule has 0 bridgehead atoms. The van der Waals surface area contributed by atoms with Crippen molar-refractivity contribution in [3.05, 3.63) is 29.0 Å². The zero-order chi connectivity index (χ0) is 14.7. The molecule has 1 unspecified atom stereocenters. The third-order valence-corrected chi connectivity index (χ3v) is 5.69. The number of aliphatic hydroxyl groups excluding tert-OH is 1. The molecule has 2 aliphatic rings. The lowest BCUT2D eigenvalue weighted by atomic mass is 9.83. The number of pyridine rings is 1.